The highest BCUT2D eigenvalue weighted by atomic mass is 79.9. The predicted octanol–water partition coefficient (Wildman–Crippen LogP) is 2.90. The molecule has 7 heteroatoms. The van der Waals surface area contributed by atoms with Crippen molar-refractivity contribution in [2.75, 3.05) is 11.9 Å². The monoisotopic (exact) mass is 328 g/mol. The van der Waals surface area contributed by atoms with Crippen LogP contribution in [0, 0.1) is 12.7 Å². The summed E-state index contributed by atoms with van der Waals surface area (Å²) < 4.78 is 23.9. The lowest BCUT2D eigenvalue weighted by Gasteiger charge is -2.06. The van der Waals surface area contributed by atoms with E-state index in [0.717, 1.165) is 0 Å². The van der Waals surface area contributed by atoms with E-state index in [-0.39, 0.29) is 12.4 Å². The second kappa shape index (κ2) is 5.83. The minimum Gasteiger partial charge on any atom is -0.481 e. The number of hydrogen-bond donors (Lipinski definition) is 1. The van der Waals surface area contributed by atoms with Crippen molar-refractivity contribution in [3.05, 3.63) is 40.3 Å². The first kappa shape index (κ1) is 13.5. The van der Waals surface area contributed by atoms with E-state index < -0.39 is 11.7 Å². The molecule has 0 aliphatic rings. The lowest BCUT2D eigenvalue weighted by Crippen LogP contribution is -2.20. The highest BCUT2D eigenvalue weighted by Crippen LogP contribution is 2.21. The number of anilines is 1. The lowest BCUT2D eigenvalue weighted by molar-refractivity contribution is -0.118. The van der Waals surface area contributed by atoms with Gasteiger partial charge in [-0.3, -0.25) is 4.79 Å². The van der Waals surface area contributed by atoms with E-state index >= 15 is 0 Å². The fourth-order valence-electron chi connectivity index (χ4n) is 1.34. The van der Waals surface area contributed by atoms with Crippen LogP contribution >= 0.6 is 15.9 Å². The molecule has 1 amide bonds. The minimum atomic E-state index is -0.542. The second-order valence-corrected chi connectivity index (χ2v) is 4.65. The molecule has 1 aromatic heterocycles. The summed E-state index contributed by atoms with van der Waals surface area (Å²) in [7, 11) is 0. The SMILES string of the molecule is Cc1cc(NC(=O)COc2ccc(Br)cc2F)no1. The van der Waals surface area contributed by atoms with Gasteiger partial charge in [-0.25, -0.2) is 4.39 Å². The predicted molar refractivity (Wildman–Crippen MR) is 69.5 cm³/mol. The number of rotatable bonds is 4. The van der Waals surface area contributed by atoms with Crippen molar-refractivity contribution in [3.8, 4) is 5.75 Å². The smallest absolute Gasteiger partial charge is 0.263 e. The van der Waals surface area contributed by atoms with Gasteiger partial charge in [0.25, 0.3) is 5.91 Å². The molecule has 0 aliphatic carbocycles. The average Bonchev–Trinajstić information content (AvgIpc) is 2.73. The quantitative estimate of drug-likeness (QED) is 0.937. The van der Waals surface area contributed by atoms with E-state index in [4.69, 9.17) is 9.26 Å². The largest absolute Gasteiger partial charge is 0.481 e. The van der Waals surface area contributed by atoms with Gasteiger partial charge in [-0.2, -0.15) is 0 Å². The third kappa shape index (κ3) is 3.78. The van der Waals surface area contributed by atoms with Crippen LogP contribution in [-0.4, -0.2) is 17.7 Å². The van der Waals surface area contributed by atoms with E-state index in [1.165, 1.54) is 12.1 Å². The fraction of sp³-hybridized carbons (Fsp3) is 0.167. The number of halogens is 2. The lowest BCUT2D eigenvalue weighted by atomic mass is 10.3. The fourth-order valence-corrected chi connectivity index (χ4v) is 1.67. The van der Waals surface area contributed by atoms with Gasteiger partial charge in [-0.1, -0.05) is 21.1 Å². The summed E-state index contributed by atoms with van der Waals surface area (Å²) in [6, 6.07) is 5.89. The van der Waals surface area contributed by atoms with Crippen molar-refractivity contribution < 1.29 is 18.4 Å². The van der Waals surface area contributed by atoms with Crippen molar-refractivity contribution in [2.45, 2.75) is 6.92 Å². The molecule has 2 rings (SSSR count). The molecule has 0 bridgehead atoms. The molecule has 1 N–H and O–H groups in total. The van der Waals surface area contributed by atoms with Gasteiger partial charge >= 0.3 is 0 Å². The number of benzene rings is 1. The molecule has 1 aromatic carbocycles. The summed E-state index contributed by atoms with van der Waals surface area (Å²) in [4.78, 5) is 11.5. The molecule has 1 heterocycles. The number of aromatic nitrogens is 1. The van der Waals surface area contributed by atoms with E-state index in [1.807, 2.05) is 0 Å². The first-order valence-electron chi connectivity index (χ1n) is 5.35. The highest BCUT2D eigenvalue weighted by Gasteiger charge is 2.09. The Hall–Kier alpha value is -1.89. The van der Waals surface area contributed by atoms with Crippen LogP contribution in [0.1, 0.15) is 5.76 Å². The number of ether oxygens (including phenoxy) is 1. The Morgan fingerprint density at radius 1 is 1.53 bits per heavy atom. The first-order valence-corrected chi connectivity index (χ1v) is 6.15. The van der Waals surface area contributed by atoms with Crippen LogP contribution in [0.2, 0.25) is 0 Å². The molecular weight excluding hydrogens is 319 g/mol. The molecule has 100 valence electrons. The van der Waals surface area contributed by atoms with Crippen LogP contribution in [0.5, 0.6) is 5.75 Å². The summed E-state index contributed by atoms with van der Waals surface area (Å²) in [5.41, 5.74) is 0. The van der Waals surface area contributed by atoms with Crippen LogP contribution in [0.3, 0.4) is 0 Å². The van der Waals surface area contributed by atoms with Gasteiger partial charge in [0.1, 0.15) is 5.76 Å². The van der Waals surface area contributed by atoms with Gasteiger partial charge in [-0.15, -0.1) is 0 Å². The van der Waals surface area contributed by atoms with Crippen molar-refractivity contribution in [1.29, 1.82) is 0 Å². The van der Waals surface area contributed by atoms with Crippen LogP contribution in [0.25, 0.3) is 0 Å². The summed E-state index contributed by atoms with van der Waals surface area (Å²) in [5.74, 6) is -0.109. The van der Waals surface area contributed by atoms with E-state index in [2.05, 4.69) is 26.4 Å². The maximum absolute atomic E-state index is 13.4. The van der Waals surface area contributed by atoms with Gasteiger partial charge in [0, 0.05) is 10.5 Å². The van der Waals surface area contributed by atoms with Gasteiger partial charge in [0.05, 0.1) is 0 Å². The zero-order valence-electron chi connectivity index (χ0n) is 9.94. The number of carbonyl (C=O) groups excluding carboxylic acids is 1. The molecule has 0 radical (unpaired) electrons. The standard InChI is InChI=1S/C12H10BrFN2O3/c1-7-4-11(16-19-7)15-12(17)6-18-10-3-2-8(13)5-9(10)14/h2-5H,6H2,1H3,(H,15,16,17). The molecular formula is C12H10BrFN2O3. The Bertz CT molecular complexity index is 600. The molecule has 5 nitrogen and oxygen atoms in total. The number of hydrogen-bond acceptors (Lipinski definition) is 4. The number of aryl methyl sites for hydroxylation is 1. The maximum Gasteiger partial charge on any atom is 0.263 e. The summed E-state index contributed by atoms with van der Waals surface area (Å²) in [6.45, 7) is 1.39. The van der Waals surface area contributed by atoms with Crippen LogP contribution in [-0.2, 0) is 4.79 Å². The second-order valence-electron chi connectivity index (χ2n) is 3.73. The van der Waals surface area contributed by atoms with Crippen molar-refractivity contribution >= 4 is 27.7 Å². The Labute approximate surface area is 116 Å². The Morgan fingerprint density at radius 2 is 2.32 bits per heavy atom. The number of nitrogens with one attached hydrogen (secondary N) is 1. The third-order valence-electron chi connectivity index (χ3n) is 2.15. The van der Waals surface area contributed by atoms with Gasteiger partial charge in [-0.05, 0) is 25.1 Å². The maximum atomic E-state index is 13.4. The van der Waals surface area contributed by atoms with Crippen molar-refractivity contribution in [1.82, 2.24) is 5.16 Å². The first-order chi connectivity index (χ1) is 9.04. The molecule has 0 aliphatic heterocycles. The molecule has 0 saturated carbocycles. The van der Waals surface area contributed by atoms with Crippen LogP contribution in [0.4, 0.5) is 10.2 Å². The van der Waals surface area contributed by atoms with Crippen LogP contribution < -0.4 is 10.1 Å². The van der Waals surface area contributed by atoms with E-state index in [9.17, 15) is 9.18 Å². The Kier molecular flexibility index (Phi) is 4.16. The zero-order chi connectivity index (χ0) is 13.8. The molecule has 0 spiro atoms. The highest BCUT2D eigenvalue weighted by molar-refractivity contribution is 9.10. The molecule has 0 saturated heterocycles. The summed E-state index contributed by atoms with van der Waals surface area (Å²) >= 11 is 3.13. The molecule has 0 atom stereocenters. The van der Waals surface area contributed by atoms with Gasteiger partial charge < -0.3 is 14.6 Å². The zero-order valence-corrected chi connectivity index (χ0v) is 11.5. The third-order valence-corrected chi connectivity index (χ3v) is 2.64. The van der Waals surface area contributed by atoms with Crippen molar-refractivity contribution in [2.24, 2.45) is 0 Å². The number of amides is 1. The topological polar surface area (TPSA) is 64.4 Å². The molecule has 0 unspecified atom stereocenters. The summed E-state index contributed by atoms with van der Waals surface area (Å²) in [6.07, 6.45) is 0. The molecule has 19 heavy (non-hydrogen) atoms. The number of carbonyl (C=O) groups is 1. The van der Waals surface area contributed by atoms with Gasteiger partial charge in [0.15, 0.2) is 24.0 Å². The minimum absolute atomic E-state index is 0.00897. The average molecular weight is 329 g/mol. The summed E-state index contributed by atoms with van der Waals surface area (Å²) in [5, 5.41) is 6.06. The van der Waals surface area contributed by atoms with E-state index in [0.29, 0.717) is 16.1 Å². The van der Waals surface area contributed by atoms with Crippen molar-refractivity contribution in [3.63, 3.8) is 0 Å². The van der Waals surface area contributed by atoms with Gasteiger partial charge in [0.2, 0.25) is 0 Å². The Morgan fingerprint density at radius 3 is 2.95 bits per heavy atom. The molecule has 0 fully saturated rings. The Balaban J connectivity index is 1.89. The number of nitrogens with zero attached hydrogens (tertiary/aromatic N) is 1. The normalized spacial score (nSPS) is 10.3. The molecule has 2 aromatic rings. The van der Waals surface area contributed by atoms with Crippen LogP contribution in [0.15, 0.2) is 33.3 Å². The van der Waals surface area contributed by atoms with E-state index in [1.54, 1.807) is 19.1 Å².